The lowest BCUT2D eigenvalue weighted by atomic mass is 9.70. The lowest BCUT2D eigenvalue weighted by Gasteiger charge is -2.39. The summed E-state index contributed by atoms with van der Waals surface area (Å²) in [5.74, 6) is 0.503. The molecule has 1 aliphatic carbocycles. The molecule has 0 heterocycles. The fourth-order valence-electron chi connectivity index (χ4n) is 1.96. The van der Waals surface area contributed by atoms with Gasteiger partial charge in [-0.1, -0.05) is 27.2 Å². The van der Waals surface area contributed by atoms with Gasteiger partial charge in [0.15, 0.2) is 0 Å². The first-order valence-corrected chi connectivity index (χ1v) is 4.22. The zero-order valence-electron chi connectivity index (χ0n) is 7.22. The van der Waals surface area contributed by atoms with Crippen molar-refractivity contribution in [1.29, 1.82) is 0 Å². The lowest BCUT2D eigenvalue weighted by Crippen LogP contribution is -2.38. The third-order valence-electron chi connectivity index (χ3n) is 2.82. The van der Waals surface area contributed by atoms with E-state index in [4.69, 9.17) is 0 Å². The Morgan fingerprint density at radius 2 is 2.00 bits per heavy atom. The van der Waals surface area contributed by atoms with Crippen LogP contribution in [0.5, 0.6) is 0 Å². The first kappa shape index (κ1) is 8.06. The second-order valence-electron chi connectivity index (χ2n) is 4.30. The molecule has 1 heteroatoms. The van der Waals surface area contributed by atoms with Crippen molar-refractivity contribution in [3.8, 4) is 0 Å². The highest BCUT2D eigenvalue weighted by molar-refractivity contribution is 4.85. The van der Waals surface area contributed by atoms with Gasteiger partial charge in [-0.15, -0.1) is 0 Å². The summed E-state index contributed by atoms with van der Waals surface area (Å²) in [6, 6.07) is 0. The van der Waals surface area contributed by atoms with Gasteiger partial charge in [0.2, 0.25) is 0 Å². The second kappa shape index (κ2) is 2.54. The predicted octanol–water partition coefficient (Wildman–Crippen LogP) is 2.19. The molecule has 0 aromatic heterocycles. The van der Waals surface area contributed by atoms with Crippen LogP contribution < -0.4 is 0 Å². The molecule has 0 amide bonds. The lowest BCUT2D eigenvalue weighted by molar-refractivity contribution is -0.0254. The largest absolute Gasteiger partial charge is 0.392 e. The van der Waals surface area contributed by atoms with Crippen LogP contribution in [0.25, 0.3) is 0 Å². The molecule has 0 unspecified atom stereocenters. The maximum atomic E-state index is 9.71. The van der Waals surface area contributed by atoms with E-state index in [1.54, 1.807) is 0 Å². The highest BCUT2D eigenvalue weighted by Gasteiger charge is 2.34. The third-order valence-corrected chi connectivity index (χ3v) is 2.82. The van der Waals surface area contributed by atoms with E-state index in [2.05, 4.69) is 20.8 Å². The Balaban J connectivity index is 2.60. The van der Waals surface area contributed by atoms with Gasteiger partial charge in [0.1, 0.15) is 0 Å². The second-order valence-corrected chi connectivity index (χ2v) is 4.30. The maximum absolute atomic E-state index is 9.71. The summed E-state index contributed by atoms with van der Waals surface area (Å²) in [6.07, 6.45) is 3.58. The van der Waals surface area contributed by atoms with Crippen LogP contribution >= 0.6 is 0 Å². The number of aliphatic hydroxyl groups is 1. The van der Waals surface area contributed by atoms with E-state index < -0.39 is 0 Å². The molecule has 10 heavy (non-hydrogen) atoms. The van der Waals surface area contributed by atoms with Gasteiger partial charge in [-0.25, -0.2) is 0 Å². The van der Waals surface area contributed by atoms with Crippen LogP contribution in [0.4, 0.5) is 0 Å². The molecule has 0 bridgehead atoms. The van der Waals surface area contributed by atoms with Crippen molar-refractivity contribution in [3.05, 3.63) is 0 Å². The minimum Gasteiger partial charge on any atom is -0.392 e. The highest BCUT2D eigenvalue weighted by atomic mass is 16.3. The molecule has 1 saturated carbocycles. The molecular formula is C9H18O. The molecule has 0 radical (unpaired) electrons. The Kier molecular flexibility index (Phi) is 2.04. The molecule has 1 rings (SSSR count). The van der Waals surface area contributed by atoms with Gasteiger partial charge < -0.3 is 5.11 Å². The van der Waals surface area contributed by atoms with E-state index in [1.165, 1.54) is 19.3 Å². The summed E-state index contributed by atoms with van der Waals surface area (Å²) in [7, 11) is 0. The minimum absolute atomic E-state index is 0.0822. The summed E-state index contributed by atoms with van der Waals surface area (Å²) in [5, 5.41) is 9.71. The Morgan fingerprint density at radius 1 is 1.40 bits per heavy atom. The fraction of sp³-hybridized carbons (Fsp3) is 1.00. The van der Waals surface area contributed by atoms with Crippen LogP contribution in [0.3, 0.4) is 0 Å². The zero-order chi connectivity index (χ0) is 7.78. The topological polar surface area (TPSA) is 20.2 Å². The highest BCUT2D eigenvalue weighted by Crippen LogP contribution is 2.38. The van der Waals surface area contributed by atoms with Crippen molar-refractivity contribution in [2.75, 3.05) is 0 Å². The molecule has 1 nitrogen and oxygen atoms in total. The van der Waals surface area contributed by atoms with Crippen LogP contribution in [-0.4, -0.2) is 11.2 Å². The maximum Gasteiger partial charge on any atom is 0.0616 e. The van der Waals surface area contributed by atoms with Crippen LogP contribution in [0.1, 0.15) is 40.0 Å². The molecular weight excluding hydrogens is 124 g/mol. The van der Waals surface area contributed by atoms with Gasteiger partial charge in [0, 0.05) is 0 Å². The van der Waals surface area contributed by atoms with Gasteiger partial charge in [-0.3, -0.25) is 0 Å². The van der Waals surface area contributed by atoms with Crippen molar-refractivity contribution in [3.63, 3.8) is 0 Å². The molecule has 0 spiro atoms. The van der Waals surface area contributed by atoms with Crippen LogP contribution in [0, 0.1) is 11.3 Å². The standard InChI is InChI=1S/C9H18O/c1-7-5-4-6-9(2,3)8(7)10/h7-8,10H,4-6H2,1-3H3/t7-,8-/m0/s1. The van der Waals surface area contributed by atoms with Gasteiger partial charge >= 0.3 is 0 Å². The smallest absolute Gasteiger partial charge is 0.0616 e. The number of aliphatic hydroxyl groups excluding tert-OH is 1. The van der Waals surface area contributed by atoms with E-state index >= 15 is 0 Å². The van der Waals surface area contributed by atoms with Crippen LogP contribution in [-0.2, 0) is 0 Å². The van der Waals surface area contributed by atoms with Crippen molar-refractivity contribution in [2.45, 2.75) is 46.1 Å². The van der Waals surface area contributed by atoms with E-state index in [0.717, 1.165) is 0 Å². The summed E-state index contributed by atoms with van der Waals surface area (Å²) < 4.78 is 0. The monoisotopic (exact) mass is 142 g/mol. The Hall–Kier alpha value is -0.0400. The molecule has 60 valence electrons. The summed E-state index contributed by atoms with van der Waals surface area (Å²) in [6.45, 7) is 6.46. The molecule has 1 N–H and O–H groups in total. The normalized spacial score (nSPS) is 39.6. The molecule has 0 aromatic carbocycles. The quantitative estimate of drug-likeness (QED) is 0.549. The van der Waals surface area contributed by atoms with Crippen molar-refractivity contribution in [1.82, 2.24) is 0 Å². The zero-order valence-corrected chi connectivity index (χ0v) is 7.22. The van der Waals surface area contributed by atoms with E-state index in [9.17, 15) is 5.11 Å². The average Bonchev–Trinajstić information content (AvgIpc) is 1.83. The van der Waals surface area contributed by atoms with E-state index in [0.29, 0.717) is 5.92 Å². The SMILES string of the molecule is C[C@H]1CCCC(C)(C)[C@H]1O. The molecule has 1 aliphatic rings. The van der Waals surface area contributed by atoms with Crippen molar-refractivity contribution in [2.24, 2.45) is 11.3 Å². The number of hydrogen-bond donors (Lipinski definition) is 1. The first-order chi connectivity index (χ1) is 4.54. The molecule has 0 aromatic rings. The summed E-state index contributed by atoms with van der Waals surface area (Å²) >= 11 is 0. The van der Waals surface area contributed by atoms with Gasteiger partial charge in [-0.2, -0.15) is 0 Å². The summed E-state index contributed by atoms with van der Waals surface area (Å²) in [4.78, 5) is 0. The van der Waals surface area contributed by atoms with E-state index in [-0.39, 0.29) is 11.5 Å². The number of hydrogen-bond acceptors (Lipinski definition) is 1. The molecule has 0 saturated heterocycles. The van der Waals surface area contributed by atoms with Gasteiger partial charge in [-0.05, 0) is 24.2 Å². The van der Waals surface area contributed by atoms with Gasteiger partial charge in [0.25, 0.3) is 0 Å². The molecule has 1 fully saturated rings. The van der Waals surface area contributed by atoms with Crippen LogP contribution in [0.15, 0.2) is 0 Å². The number of rotatable bonds is 0. The predicted molar refractivity (Wildman–Crippen MR) is 42.8 cm³/mol. The van der Waals surface area contributed by atoms with E-state index in [1.807, 2.05) is 0 Å². The van der Waals surface area contributed by atoms with Crippen molar-refractivity contribution >= 4 is 0 Å². The Bertz CT molecular complexity index is 118. The van der Waals surface area contributed by atoms with Crippen molar-refractivity contribution < 1.29 is 5.11 Å². The summed E-state index contributed by atoms with van der Waals surface area (Å²) in [5.41, 5.74) is 0.164. The third kappa shape index (κ3) is 1.34. The van der Waals surface area contributed by atoms with Crippen LogP contribution in [0.2, 0.25) is 0 Å². The van der Waals surface area contributed by atoms with Gasteiger partial charge in [0.05, 0.1) is 6.10 Å². The minimum atomic E-state index is -0.0822. The molecule has 0 aliphatic heterocycles. The Morgan fingerprint density at radius 3 is 2.40 bits per heavy atom. The Labute approximate surface area is 63.4 Å². The average molecular weight is 142 g/mol. The fourth-order valence-corrected chi connectivity index (χ4v) is 1.96. The first-order valence-electron chi connectivity index (χ1n) is 4.22. The molecule has 2 atom stereocenters.